The monoisotopic (exact) mass is 150 g/mol. The van der Waals surface area contributed by atoms with Crippen LogP contribution in [0.5, 0.6) is 0 Å². The molecule has 0 radical (unpaired) electrons. The number of benzene rings is 1. The summed E-state index contributed by atoms with van der Waals surface area (Å²) in [5.41, 5.74) is 1.47. The molecule has 0 aliphatic rings. The van der Waals surface area contributed by atoms with E-state index in [1.54, 1.807) is 12.3 Å². The Kier molecular flexibility index (Phi) is 1.35. The maximum Gasteiger partial charge on any atom is 0.117 e. The number of H-pyrrole nitrogens is 1. The summed E-state index contributed by atoms with van der Waals surface area (Å²) < 4.78 is 12.3. The van der Waals surface area contributed by atoms with Gasteiger partial charge in [-0.25, -0.2) is 4.39 Å². The van der Waals surface area contributed by atoms with Crippen LogP contribution < -0.4 is 0 Å². The van der Waals surface area contributed by atoms with Crippen LogP contribution in [0, 0.1) is 0 Å². The van der Waals surface area contributed by atoms with Crippen molar-refractivity contribution >= 4 is 10.9 Å². The highest BCUT2D eigenvalue weighted by Crippen LogP contribution is 2.15. The Bertz CT molecular complexity index is 367. The first-order valence-electron chi connectivity index (χ1n) is 3.39. The highest BCUT2D eigenvalue weighted by molar-refractivity contribution is 5.80. The number of rotatable bonds is 1. The van der Waals surface area contributed by atoms with Gasteiger partial charge in [-0.1, -0.05) is 18.2 Å². The van der Waals surface area contributed by atoms with E-state index in [4.69, 9.17) is 0 Å². The Balaban J connectivity index is 2.79. The van der Waals surface area contributed by atoms with Gasteiger partial charge in [-0.15, -0.1) is 0 Å². The Morgan fingerprint density at radius 1 is 1.45 bits per heavy atom. The third-order valence-electron chi connectivity index (χ3n) is 1.71. The minimum Gasteiger partial charge on any atom is -0.277 e. The van der Waals surface area contributed by atoms with Crippen molar-refractivity contribution in [2.75, 3.05) is 0 Å². The Morgan fingerprint density at radius 3 is 3.18 bits per heavy atom. The first-order valence-corrected chi connectivity index (χ1v) is 3.39. The lowest BCUT2D eigenvalue weighted by Gasteiger charge is -1.93. The largest absolute Gasteiger partial charge is 0.277 e. The Hall–Kier alpha value is -1.38. The molecule has 1 heterocycles. The zero-order chi connectivity index (χ0) is 7.68. The molecule has 0 saturated carbocycles. The van der Waals surface area contributed by atoms with Gasteiger partial charge >= 0.3 is 0 Å². The quantitative estimate of drug-likeness (QED) is 0.662. The highest BCUT2D eigenvalue weighted by atomic mass is 19.1. The fourth-order valence-electron chi connectivity index (χ4n) is 1.14. The fourth-order valence-corrected chi connectivity index (χ4v) is 1.14. The van der Waals surface area contributed by atoms with E-state index in [-0.39, 0.29) is 0 Å². The van der Waals surface area contributed by atoms with Gasteiger partial charge in [0.2, 0.25) is 0 Å². The van der Waals surface area contributed by atoms with E-state index >= 15 is 0 Å². The lowest BCUT2D eigenvalue weighted by molar-refractivity contribution is 0.487. The fraction of sp³-hybridized carbons (Fsp3) is 0.125. The van der Waals surface area contributed by atoms with Crippen LogP contribution in [-0.2, 0) is 6.67 Å². The number of aromatic nitrogens is 2. The van der Waals surface area contributed by atoms with Crippen LogP contribution in [0.2, 0.25) is 0 Å². The van der Waals surface area contributed by atoms with Gasteiger partial charge in [0.25, 0.3) is 0 Å². The third kappa shape index (κ3) is 0.888. The summed E-state index contributed by atoms with van der Waals surface area (Å²) >= 11 is 0. The molecule has 3 heteroatoms. The minimum atomic E-state index is -0.445. The van der Waals surface area contributed by atoms with E-state index in [0.717, 1.165) is 10.9 Å². The molecule has 0 aliphatic carbocycles. The molecule has 2 rings (SSSR count). The molecule has 2 aromatic rings. The molecule has 56 valence electrons. The number of para-hydroxylation sites is 1. The normalized spacial score (nSPS) is 10.6. The van der Waals surface area contributed by atoms with Crippen molar-refractivity contribution in [3.05, 3.63) is 30.0 Å². The molecule has 0 amide bonds. The van der Waals surface area contributed by atoms with Crippen molar-refractivity contribution < 1.29 is 4.39 Å². The van der Waals surface area contributed by atoms with Gasteiger partial charge in [0.1, 0.15) is 6.67 Å². The van der Waals surface area contributed by atoms with Gasteiger partial charge in [-0.05, 0) is 0 Å². The second-order valence-corrected chi connectivity index (χ2v) is 2.38. The first-order chi connectivity index (χ1) is 5.42. The minimum absolute atomic E-state index is 0.445. The molecule has 0 bridgehead atoms. The number of aromatic amines is 1. The second kappa shape index (κ2) is 2.34. The molecule has 0 saturated heterocycles. The number of nitrogens with one attached hydrogen (secondary N) is 1. The third-order valence-corrected chi connectivity index (χ3v) is 1.71. The SMILES string of the molecule is FCc1cccc2cn[nH]c12. The van der Waals surface area contributed by atoms with E-state index in [9.17, 15) is 4.39 Å². The Morgan fingerprint density at radius 2 is 2.36 bits per heavy atom. The molecule has 0 aliphatic heterocycles. The smallest absolute Gasteiger partial charge is 0.117 e. The molecule has 11 heavy (non-hydrogen) atoms. The molecular weight excluding hydrogens is 143 g/mol. The molecule has 2 nitrogen and oxygen atoms in total. The molecule has 1 aromatic carbocycles. The summed E-state index contributed by atoms with van der Waals surface area (Å²) in [4.78, 5) is 0. The van der Waals surface area contributed by atoms with Crippen LogP contribution in [0.15, 0.2) is 24.4 Å². The first kappa shape index (κ1) is 6.34. The van der Waals surface area contributed by atoms with E-state index < -0.39 is 6.67 Å². The molecule has 0 fully saturated rings. The predicted octanol–water partition coefficient (Wildman–Crippen LogP) is 2.03. The van der Waals surface area contributed by atoms with Gasteiger partial charge in [0, 0.05) is 10.9 Å². The Labute approximate surface area is 63.0 Å². The summed E-state index contributed by atoms with van der Waals surface area (Å²) in [7, 11) is 0. The summed E-state index contributed by atoms with van der Waals surface area (Å²) in [6, 6.07) is 5.48. The number of alkyl halides is 1. The van der Waals surface area contributed by atoms with Crippen molar-refractivity contribution in [1.29, 1.82) is 0 Å². The average molecular weight is 150 g/mol. The maximum atomic E-state index is 12.3. The lowest BCUT2D eigenvalue weighted by atomic mass is 10.2. The van der Waals surface area contributed by atoms with Crippen molar-refractivity contribution in [2.45, 2.75) is 6.67 Å². The second-order valence-electron chi connectivity index (χ2n) is 2.38. The van der Waals surface area contributed by atoms with Gasteiger partial charge in [-0.2, -0.15) is 5.10 Å². The summed E-state index contributed by atoms with van der Waals surface area (Å²) in [5.74, 6) is 0. The van der Waals surface area contributed by atoms with Crippen LogP contribution >= 0.6 is 0 Å². The lowest BCUT2D eigenvalue weighted by Crippen LogP contribution is -1.80. The number of nitrogens with zero attached hydrogens (tertiary/aromatic N) is 1. The number of hydrogen-bond acceptors (Lipinski definition) is 1. The van der Waals surface area contributed by atoms with Gasteiger partial charge in [-0.3, -0.25) is 5.10 Å². The van der Waals surface area contributed by atoms with E-state index in [0.29, 0.717) is 5.56 Å². The van der Waals surface area contributed by atoms with E-state index in [1.807, 2.05) is 12.1 Å². The highest BCUT2D eigenvalue weighted by Gasteiger charge is 1.99. The molecule has 1 aromatic heterocycles. The zero-order valence-corrected chi connectivity index (χ0v) is 5.84. The number of fused-ring (bicyclic) bond motifs is 1. The maximum absolute atomic E-state index is 12.3. The van der Waals surface area contributed by atoms with Gasteiger partial charge in [0.15, 0.2) is 0 Å². The standard InChI is InChI=1S/C8H7FN2/c9-4-6-2-1-3-7-5-10-11-8(6)7/h1-3,5H,4H2,(H,10,11). The summed E-state index contributed by atoms with van der Waals surface area (Å²) in [6.07, 6.45) is 1.69. The number of halogens is 1. The van der Waals surface area contributed by atoms with Crippen LogP contribution in [0.3, 0.4) is 0 Å². The molecule has 0 atom stereocenters. The number of hydrogen-bond donors (Lipinski definition) is 1. The van der Waals surface area contributed by atoms with Gasteiger partial charge in [0.05, 0.1) is 11.7 Å². The van der Waals surface area contributed by atoms with Crippen LogP contribution in [0.4, 0.5) is 4.39 Å². The van der Waals surface area contributed by atoms with Crippen molar-refractivity contribution in [2.24, 2.45) is 0 Å². The van der Waals surface area contributed by atoms with Crippen molar-refractivity contribution in [3.8, 4) is 0 Å². The van der Waals surface area contributed by atoms with Crippen LogP contribution in [0.1, 0.15) is 5.56 Å². The van der Waals surface area contributed by atoms with Gasteiger partial charge < -0.3 is 0 Å². The zero-order valence-electron chi connectivity index (χ0n) is 5.84. The average Bonchev–Trinajstić information content (AvgIpc) is 2.50. The molecular formula is C8H7FN2. The van der Waals surface area contributed by atoms with Crippen LogP contribution in [-0.4, -0.2) is 10.2 Å². The summed E-state index contributed by atoms with van der Waals surface area (Å²) in [5, 5.41) is 7.53. The van der Waals surface area contributed by atoms with E-state index in [1.165, 1.54) is 0 Å². The van der Waals surface area contributed by atoms with Crippen molar-refractivity contribution in [3.63, 3.8) is 0 Å². The predicted molar refractivity (Wildman–Crippen MR) is 40.9 cm³/mol. The molecule has 0 unspecified atom stereocenters. The summed E-state index contributed by atoms with van der Waals surface area (Å²) in [6.45, 7) is -0.445. The van der Waals surface area contributed by atoms with E-state index in [2.05, 4.69) is 10.2 Å². The van der Waals surface area contributed by atoms with Crippen molar-refractivity contribution in [1.82, 2.24) is 10.2 Å². The molecule has 0 spiro atoms. The topological polar surface area (TPSA) is 28.7 Å². The molecule has 1 N–H and O–H groups in total. The van der Waals surface area contributed by atoms with Crippen LogP contribution in [0.25, 0.3) is 10.9 Å².